The number of rotatable bonds is 5. The third-order valence-electron chi connectivity index (χ3n) is 2.03. The Balaban J connectivity index is 3.17. The number of aromatic amines is 1. The van der Waals surface area contributed by atoms with Crippen molar-refractivity contribution in [3.8, 4) is 0 Å². The van der Waals surface area contributed by atoms with Gasteiger partial charge in [-0.3, -0.25) is 0 Å². The average Bonchev–Trinajstić information content (AvgIpc) is 2.69. The van der Waals surface area contributed by atoms with Gasteiger partial charge in [0.05, 0.1) is 11.8 Å². The van der Waals surface area contributed by atoms with E-state index in [-0.39, 0.29) is 5.82 Å². The first-order valence-corrected chi connectivity index (χ1v) is 5.04. The minimum Gasteiger partial charge on any atom is -0.399 e. The smallest absolute Gasteiger partial charge is 0.241 e. The standard InChI is InChI=1S/C11H14N4O2/c1-4-5-9(6-7-12-17-3)10-8-15(2)13-11(10)14-16/h4-8H,1-3H3/p+1/b5-4+,9-6+,12-7+. The number of nitrogens with one attached hydrogen (secondary N) is 1. The Morgan fingerprint density at radius 3 is 2.94 bits per heavy atom. The van der Waals surface area contributed by atoms with Gasteiger partial charge < -0.3 is 4.84 Å². The first kappa shape index (κ1) is 12.8. The third kappa shape index (κ3) is 3.37. The Morgan fingerprint density at radius 1 is 1.59 bits per heavy atom. The summed E-state index contributed by atoms with van der Waals surface area (Å²) in [6.07, 6.45) is 8.76. The normalized spacial score (nSPS) is 12.5. The fraction of sp³-hybridized carbons (Fsp3) is 0.273. The van der Waals surface area contributed by atoms with Crippen LogP contribution in [0.2, 0.25) is 0 Å². The maximum Gasteiger partial charge on any atom is 0.241 e. The summed E-state index contributed by atoms with van der Waals surface area (Å²) in [5.74, 6) is 0.280. The Kier molecular flexibility index (Phi) is 4.80. The van der Waals surface area contributed by atoms with Crippen molar-refractivity contribution in [1.29, 1.82) is 0 Å². The molecule has 0 fully saturated rings. The fourth-order valence-corrected chi connectivity index (χ4v) is 1.38. The van der Waals surface area contributed by atoms with Crippen LogP contribution in [-0.2, 0) is 11.9 Å². The van der Waals surface area contributed by atoms with Crippen LogP contribution < -0.4 is 4.68 Å². The van der Waals surface area contributed by atoms with Gasteiger partial charge in [-0.05, 0) is 23.7 Å². The van der Waals surface area contributed by atoms with E-state index in [1.54, 1.807) is 24.0 Å². The summed E-state index contributed by atoms with van der Waals surface area (Å²) < 4.78 is 1.66. The van der Waals surface area contributed by atoms with Crippen LogP contribution in [0.4, 0.5) is 5.82 Å². The van der Waals surface area contributed by atoms with Crippen molar-refractivity contribution >= 4 is 17.6 Å². The van der Waals surface area contributed by atoms with Crippen molar-refractivity contribution < 1.29 is 9.52 Å². The highest BCUT2D eigenvalue weighted by molar-refractivity contribution is 5.90. The number of H-pyrrole nitrogens is 1. The zero-order chi connectivity index (χ0) is 12.7. The lowest BCUT2D eigenvalue weighted by atomic mass is 10.1. The van der Waals surface area contributed by atoms with Gasteiger partial charge in [0.15, 0.2) is 7.05 Å². The molecule has 1 rings (SSSR count). The molecule has 0 unspecified atom stereocenters. The lowest BCUT2D eigenvalue weighted by molar-refractivity contribution is -0.726. The SMILES string of the molecule is C/C=C/C(=C\C=N\OC)c1c[n+](C)[nH]c1N=O. The predicted octanol–water partition coefficient (Wildman–Crippen LogP) is 1.83. The molecule has 0 aliphatic rings. The van der Waals surface area contributed by atoms with Gasteiger partial charge in [-0.15, -0.1) is 14.7 Å². The number of nitroso groups, excluding NO2 is 1. The van der Waals surface area contributed by atoms with E-state index in [0.717, 1.165) is 5.57 Å². The first-order valence-electron chi connectivity index (χ1n) is 5.04. The summed E-state index contributed by atoms with van der Waals surface area (Å²) in [5.41, 5.74) is 1.53. The van der Waals surface area contributed by atoms with E-state index in [4.69, 9.17) is 0 Å². The van der Waals surface area contributed by atoms with Crippen molar-refractivity contribution in [3.63, 3.8) is 0 Å². The van der Waals surface area contributed by atoms with Gasteiger partial charge in [-0.25, -0.2) is 0 Å². The second kappa shape index (κ2) is 6.37. The highest BCUT2D eigenvalue weighted by atomic mass is 16.6. The maximum atomic E-state index is 10.7. The zero-order valence-corrected chi connectivity index (χ0v) is 10.0. The van der Waals surface area contributed by atoms with Crippen LogP contribution in [0.25, 0.3) is 5.57 Å². The summed E-state index contributed by atoms with van der Waals surface area (Å²) in [5, 5.41) is 9.38. The molecule has 6 heteroatoms. The van der Waals surface area contributed by atoms with E-state index in [0.29, 0.717) is 5.56 Å². The molecule has 1 aromatic rings. The van der Waals surface area contributed by atoms with Crippen LogP contribution in [0.1, 0.15) is 12.5 Å². The third-order valence-corrected chi connectivity index (χ3v) is 2.03. The van der Waals surface area contributed by atoms with Crippen LogP contribution in [0.15, 0.2) is 34.8 Å². The Morgan fingerprint density at radius 2 is 2.35 bits per heavy atom. The number of oxime groups is 1. The van der Waals surface area contributed by atoms with Gasteiger partial charge in [0, 0.05) is 0 Å². The molecule has 0 amide bonds. The van der Waals surface area contributed by atoms with Gasteiger partial charge in [0.2, 0.25) is 12.0 Å². The molecule has 0 saturated carbocycles. The Labute approximate surface area is 99.2 Å². The molecule has 0 aliphatic carbocycles. The highest BCUT2D eigenvalue weighted by Gasteiger charge is 2.14. The quantitative estimate of drug-likeness (QED) is 0.278. The van der Waals surface area contributed by atoms with Gasteiger partial charge in [0.25, 0.3) is 0 Å². The monoisotopic (exact) mass is 235 g/mol. The highest BCUT2D eigenvalue weighted by Crippen LogP contribution is 2.23. The van der Waals surface area contributed by atoms with Crippen LogP contribution in [-0.4, -0.2) is 18.4 Å². The largest absolute Gasteiger partial charge is 0.399 e. The molecular weight excluding hydrogens is 220 g/mol. The van der Waals surface area contributed by atoms with E-state index in [2.05, 4.69) is 20.3 Å². The second-order valence-corrected chi connectivity index (χ2v) is 3.26. The van der Waals surface area contributed by atoms with Crippen molar-refractivity contribution in [2.45, 2.75) is 6.92 Å². The van der Waals surface area contributed by atoms with Gasteiger partial charge in [-0.2, -0.15) is 0 Å². The summed E-state index contributed by atoms with van der Waals surface area (Å²) in [6, 6.07) is 0. The molecule has 0 radical (unpaired) electrons. The Hall–Kier alpha value is -2.24. The number of allylic oxidation sites excluding steroid dienone is 4. The predicted molar refractivity (Wildman–Crippen MR) is 65.7 cm³/mol. The first-order chi connectivity index (χ1) is 8.22. The van der Waals surface area contributed by atoms with Gasteiger partial charge in [0.1, 0.15) is 7.11 Å². The molecule has 0 bridgehead atoms. The minimum atomic E-state index is 0.280. The maximum absolute atomic E-state index is 10.7. The summed E-state index contributed by atoms with van der Waals surface area (Å²) in [7, 11) is 3.25. The average molecular weight is 235 g/mol. The molecule has 1 aromatic heterocycles. The van der Waals surface area contributed by atoms with Gasteiger partial charge in [-0.1, -0.05) is 17.3 Å². The fourth-order valence-electron chi connectivity index (χ4n) is 1.38. The van der Waals surface area contributed by atoms with Crippen LogP contribution in [0.3, 0.4) is 0 Å². The van der Waals surface area contributed by atoms with Crippen LogP contribution >= 0.6 is 0 Å². The van der Waals surface area contributed by atoms with Crippen molar-refractivity contribution in [1.82, 2.24) is 5.10 Å². The number of hydrogen-bond donors (Lipinski definition) is 1. The summed E-state index contributed by atoms with van der Waals surface area (Å²) in [6.45, 7) is 1.89. The minimum absolute atomic E-state index is 0.280. The lowest BCUT2D eigenvalue weighted by Gasteiger charge is -1.94. The molecule has 0 spiro atoms. The van der Waals surface area contributed by atoms with Crippen molar-refractivity contribution in [2.75, 3.05) is 7.11 Å². The molecule has 1 N–H and O–H groups in total. The molecular formula is C11H15N4O2+. The molecule has 6 nitrogen and oxygen atoms in total. The number of aromatic nitrogens is 2. The van der Waals surface area contributed by atoms with E-state index >= 15 is 0 Å². The second-order valence-electron chi connectivity index (χ2n) is 3.26. The van der Waals surface area contributed by atoms with E-state index < -0.39 is 0 Å². The van der Waals surface area contributed by atoms with Crippen molar-refractivity contribution in [3.05, 3.63) is 34.9 Å². The molecule has 0 aliphatic heterocycles. The van der Waals surface area contributed by atoms with E-state index in [9.17, 15) is 4.91 Å². The summed E-state index contributed by atoms with van der Waals surface area (Å²) in [4.78, 5) is 15.2. The zero-order valence-electron chi connectivity index (χ0n) is 10.0. The van der Waals surface area contributed by atoms with Crippen molar-refractivity contribution in [2.24, 2.45) is 17.4 Å². The number of hydrogen-bond acceptors (Lipinski definition) is 4. The number of aryl methyl sites for hydroxylation is 1. The van der Waals surface area contributed by atoms with Gasteiger partial charge >= 0.3 is 0 Å². The van der Waals surface area contributed by atoms with Crippen LogP contribution in [0, 0.1) is 4.91 Å². The molecule has 17 heavy (non-hydrogen) atoms. The van der Waals surface area contributed by atoms with Crippen LogP contribution in [0.5, 0.6) is 0 Å². The topological polar surface area (TPSA) is 70.7 Å². The van der Waals surface area contributed by atoms with E-state index in [1.807, 2.05) is 19.1 Å². The Bertz CT molecular complexity index is 472. The molecule has 1 heterocycles. The molecule has 90 valence electrons. The molecule has 0 saturated heterocycles. The van der Waals surface area contributed by atoms with E-state index in [1.165, 1.54) is 13.3 Å². The lowest BCUT2D eigenvalue weighted by Crippen LogP contribution is -2.28. The summed E-state index contributed by atoms with van der Waals surface area (Å²) >= 11 is 0. The number of nitrogens with zero attached hydrogens (tertiary/aromatic N) is 3. The molecule has 0 aromatic carbocycles. The molecule has 0 atom stereocenters.